The topological polar surface area (TPSA) is 6.48 Å². The standard InChI is InChI=1S/C52H76N2/c1-16-20-21-22-24-29-39(5)51(49(19-4)41(7)37-45(18-3)46-33-34-46)44(10)50(38-42(8)53(14)15)40(6)36-43(9)54(48-31-25-23-26-32-48)35-27-30-47(28-17-2)52(11,12)13/h16-25,28-29,31,33-34,36-37,40,42,46,49-50H,2,4,10,26-27,30,32,35,38H2,1,3,5-9,11-15H3/b20-16+,22-21-,29-24-,41-37+,43-36+,45-18-,47-28+,51-39-. The zero-order valence-corrected chi connectivity index (χ0v) is 36.5. The Kier molecular flexibility index (Phi) is 19.8. The van der Waals surface area contributed by atoms with E-state index in [1.54, 1.807) is 0 Å². The fourth-order valence-corrected chi connectivity index (χ4v) is 7.44. The summed E-state index contributed by atoms with van der Waals surface area (Å²) >= 11 is 0. The summed E-state index contributed by atoms with van der Waals surface area (Å²) in [4.78, 5) is 4.94. The molecular weight excluding hydrogens is 653 g/mol. The van der Waals surface area contributed by atoms with Crippen molar-refractivity contribution in [2.24, 2.45) is 29.1 Å². The Balaban J connectivity index is 2.68. The van der Waals surface area contributed by atoms with E-state index in [1.807, 2.05) is 13.0 Å². The zero-order chi connectivity index (χ0) is 40.4. The summed E-state index contributed by atoms with van der Waals surface area (Å²) in [5.74, 6) is 0.967. The van der Waals surface area contributed by atoms with Gasteiger partial charge in [-0.3, -0.25) is 0 Å². The van der Waals surface area contributed by atoms with Crippen LogP contribution in [0.25, 0.3) is 0 Å². The van der Waals surface area contributed by atoms with Crippen molar-refractivity contribution in [3.63, 3.8) is 0 Å². The Morgan fingerprint density at radius 2 is 1.69 bits per heavy atom. The van der Waals surface area contributed by atoms with Crippen LogP contribution in [-0.2, 0) is 0 Å². The Labute approximate surface area is 333 Å². The van der Waals surface area contributed by atoms with Crippen molar-refractivity contribution in [3.8, 4) is 0 Å². The number of rotatable bonds is 22. The van der Waals surface area contributed by atoms with Crippen LogP contribution in [0.15, 0.2) is 168 Å². The molecule has 2 rings (SSSR count). The van der Waals surface area contributed by atoms with Gasteiger partial charge in [0.05, 0.1) is 0 Å². The first-order valence-corrected chi connectivity index (χ1v) is 20.4. The molecule has 0 aromatic heterocycles. The van der Waals surface area contributed by atoms with Crippen molar-refractivity contribution in [2.45, 2.75) is 107 Å². The maximum Gasteiger partial charge on any atom is 0.0231 e. The number of nitrogens with zero attached hydrogens (tertiary/aromatic N) is 2. The first-order valence-electron chi connectivity index (χ1n) is 20.4. The number of hydrogen-bond acceptors (Lipinski definition) is 2. The highest BCUT2D eigenvalue weighted by atomic mass is 15.1. The third kappa shape index (κ3) is 14.7. The molecule has 0 aromatic carbocycles. The summed E-state index contributed by atoms with van der Waals surface area (Å²) in [6.07, 6.45) is 42.8. The lowest BCUT2D eigenvalue weighted by molar-refractivity contribution is 0.256. The van der Waals surface area contributed by atoms with Crippen LogP contribution >= 0.6 is 0 Å². The molecule has 0 amide bonds. The fraction of sp³-hybridized carbons (Fsp3) is 0.462. The van der Waals surface area contributed by atoms with Crippen LogP contribution in [0.3, 0.4) is 0 Å². The Hall–Kier alpha value is -3.88. The highest BCUT2D eigenvalue weighted by Crippen LogP contribution is 2.41. The van der Waals surface area contributed by atoms with Crippen LogP contribution in [0.4, 0.5) is 0 Å². The molecule has 0 fully saturated rings. The van der Waals surface area contributed by atoms with Crippen LogP contribution in [0.1, 0.15) is 101 Å². The molecule has 0 heterocycles. The van der Waals surface area contributed by atoms with Gasteiger partial charge in [0.25, 0.3) is 0 Å². The maximum atomic E-state index is 5.00. The minimum absolute atomic E-state index is 0.0427. The summed E-state index contributed by atoms with van der Waals surface area (Å²) < 4.78 is 0. The predicted octanol–water partition coefficient (Wildman–Crippen LogP) is 14.4. The molecule has 0 saturated carbocycles. The van der Waals surface area contributed by atoms with Gasteiger partial charge < -0.3 is 9.80 Å². The molecular formula is C52H76N2. The molecule has 294 valence electrons. The second-order valence-electron chi connectivity index (χ2n) is 16.6. The SMILES string of the molecule is C=C/C=C(\CCCN(C1=CC=CCC1)/C(C)=C/C(C)C(CC(C)N(C)C)C(=C)/C(=C(C)/C=C\C=C/C=C/C)C(C=C)/C(C)=C/C(=C/C)C1C=C1)C(C)(C)C. The molecule has 54 heavy (non-hydrogen) atoms. The summed E-state index contributed by atoms with van der Waals surface area (Å²) in [7, 11) is 4.39. The molecule has 0 N–H and O–H groups in total. The van der Waals surface area contributed by atoms with Crippen molar-refractivity contribution in [3.05, 3.63) is 168 Å². The Morgan fingerprint density at radius 3 is 2.22 bits per heavy atom. The first-order chi connectivity index (χ1) is 25.6. The van der Waals surface area contributed by atoms with E-state index in [2.05, 4.69) is 197 Å². The number of allylic oxidation sites excluding steroid dienone is 25. The van der Waals surface area contributed by atoms with Crippen LogP contribution in [-0.4, -0.2) is 36.5 Å². The predicted molar refractivity (Wildman–Crippen MR) is 243 cm³/mol. The summed E-state index contributed by atoms with van der Waals surface area (Å²) in [6, 6.07) is 0.382. The smallest absolute Gasteiger partial charge is 0.0231 e. The normalized spacial score (nSPS) is 19.0. The van der Waals surface area contributed by atoms with E-state index in [1.165, 1.54) is 44.8 Å². The van der Waals surface area contributed by atoms with Gasteiger partial charge in [0.2, 0.25) is 0 Å². The fourth-order valence-electron chi connectivity index (χ4n) is 7.44. The molecule has 0 saturated heterocycles. The van der Waals surface area contributed by atoms with Crippen LogP contribution < -0.4 is 0 Å². The summed E-state index contributed by atoms with van der Waals surface area (Å²) in [5.41, 5.74) is 10.7. The molecule has 2 aliphatic carbocycles. The van der Waals surface area contributed by atoms with E-state index in [9.17, 15) is 0 Å². The molecule has 4 atom stereocenters. The molecule has 0 aliphatic heterocycles. The zero-order valence-electron chi connectivity index (χ0n) is 36.5. The van der Waals surface area contributed by atoms with Gasteiger partial charge in [-0.05, 0) is 133 Å². The van der Waals surface area contributed by atoms with E-state index in [0.717, 1.165) is 38.6 Å². The highest BCUT2D eigenvalue weighted by Gasteiger charge is 2.30. The molecule has 2 nitrogen and oxygen atoms in total. The second-order valence-corrected chi connectivity index (χ2v) is 16.6. The average Bonchev–Trinajstić information content (AvgIpc) is 3.98. The van der Waals surface area contributed by atoms with Crippen molar-refractivity contribution in [2.75, 3.05) is 20.6 Å². The second kappa shape index (κ2) is 23.1. The molecule has 0 radical (unpaired) electrons. The van der Waals surface area contributed by atoms with Crippen LogP contribution in [0.5, 0.6) is 0 Å². The largest absolute Gasteiger partial charge is 0.349 e. The van der Waals surface area contributed by atoms with Crippen LogP contribution in [0.2, 0.25) is 0 Å². The Morgan fingerprint density at radius 1 is 1.00 bits per heavy atom. The molecule has 2 aliphatic rings. The van der Waals surface area contributed by atoms with Crippen LogP contribution in [0, 0.1) is 29.1 Å². The van der Waals surface area contributed by atoms with Crippen molar-refractivity contribution < 1.29 is 0 Å². The highest BCUT2D eigenvalue weighted by molar-refractivity contribution is 5.49. The van der Waals surface area contributed by atoms with Gasteiger partial charge in [0.1, 0.15) is 0 Å². The van der Waals surface area contributed by atoms with E-state index in [0.29, 0.717) is 12.0 Å². The van der Waals surface area contributed by atoms with Gasteiger partial charge in [0.15, 0.2) is 0 Å². The van der Waals surface area contributed by atoms with E-state index in [-0.39, 0.29) is 23.2 Å². The van der Waals surface area contributed by atoms with E-state index >= 15 is 0 Å². The minimum atomic E-state index is 0.0427. The maximum absolute atomic E-state index is 5.00. The van der Waals surface area contributed by atoms with E-state index in [4.69, 9.17) is 6.58 Å². The van der Waals surface area contributed by atoms with Gasteiger partial charge in [-0.1, -0.05) is 149 Å². The summed E-state index contributed by atoms with van der Waals surface area (Å²) in [6.45, 7) is 37.1. The quantitative estimate of drug-likeness (QED) is 0.0809. The van der Waals surface area contributed by atoms with E-state index < -0.39 is 0 Å². The van der Waals surface area contributed by atoms with Crippen molar-refractivity contribution >= 4 is 0 Å². The van der Waals surface area contributed by atoms with Crippen molar-refractivity contribution in [1.29, 1.82) is 0 Å². The molecule has 0 bridgehead atoms. The molecule has 0 spiro atoms. The average molecular weight is 729 g/mol. The van der Waals surface area contributed by atoms with Gasteiger partial charge in [0, 0.05) is 35.8 Å². The molecule has 2 heteroatoms. The first kappa shape index (κ1) is 46.3. The Bertz CT molecular complexity index is 1600. The van der Waals surface area contributed by atoms with Crippen molar-refractivity contribution in [1.82, 2.24) is 9.80 Å². The minimum Gasteiger partial charge on any atom is -0.349 e. The van der Waals surface area contributed by atoms with Gasteiger partial charge in [-0.2, -0.15) is 0 Å². The lowest BCUT2D eigenvalue weighted by Crippen LogP contribution is -2.31. The molecule has 0 aromatic rings. The lowest BCUT2D eigenvalue weighted by Gasteiger charge is -2.35. The lowest BCUT2D eigenvalue weighted by atomic mass is 9.73. The summed E-state index contributed by atoms with van der Waals surface area (Å²) in [5, 5.41) is 0. The molecule has 4 unspecified atom stereocenters. The van der Waals surface area contributed by atoms with Gasteiger partial charge in [-0.25, -0.2) is 0 Å². The third-order valence-electron chi connectivity index (χ3n) is 11.1. The van der Waals surface area contributed by atoms with Gasteiger partial charge >= 0.3 is 0 Å². The monoisotopic (exact) mass is 729 g/mol. The number of hydrogen-bond donors (Lipinski definition) is 0. The van der Waals surface area contributed by atoms with Gasteiger partial charge in [-0.15, -0.1) is 6.58 Å². The third-order valence-corrected chi connectivity index (χ3v) is 11.1.